The molecule has 2 atom stereocenters. The Kier molecular flexibility index (Phi) is 5.33. The minimum absolute atomic E-state index is 0.149. The van der Waals surface area contributed by atoms with Crippen molar-refractivity contribution in [3.8, 4) is 0 Å². The van der Waals surface area contributed by atoms with Crippen LogP contribution in [0.5, 0.6) is 0 Å². The van der Waals surface area contributed by atoms with Crippen LogP contribution in [0.15, 0.2) is 65.6 Å². The Labute approximate surface area is 144 Å². The molecule has 1 fully saturated rings. The van der Waals surface area contributed by atoms with Gasteiger partial charge in [0.2, 0.25) is 0 Å². The lowest BCUT2D eigenvalue weighted by Crippen LogP contribution is -2.28. The second-order valence-electron chi connectivity index (χ2n) is 6.40. The van der Waals surface area contributed by atoms with Crippen molar-refractivity contribution in [2.45, 2.75) is 10.8 Å². The van der Waals surface area contributed by atoms with Gasteiger partial charge in [-0.3, -0.25) is 0 Å². The summed E-state index contributed by atoms with van der Waals surface area (Å²) < 4.78 is 24.9. The summed E-state index contributed by atoms with van der Waals surface area (Å²) >= 11 is 0. The molecule has 0 saturated carbocycles. The largest absolute Gasteiger partial charge is 0.330 e. The fraction of sp³-hybridized carbons (Fsp3) is 0.368. The van der Waals surface area contributed by atoms with Crippen LogP contribution in [0.3, 0.4) is 0 Å². The molecule has 2 N–H and O–H groups in total. The van der Waals surface area contributed by atoms with Gasteiger partial charge in [0.15, 0.2) is 9.84 Å². The molecular weight excluding hydrogens is 320 g/mol. The number of rotatable bonds is 6. The first kappa shape index (κ1) is 17.1. The first-order chi connectivity index (χ1) is 11.6. The molecule has 5 heteroatoms. The molecule has 0 aromatic heterocycles. The summed E-state index contributed by atoms with van der Waals surface area (Å²) in [5, 5.41) is 0. The van der Waals surface area contributed by atoms with Crippen LogP contribution < -0.4 is 5.73 Å². The van der Waals surface area contributed by atoms with Gasteiger partial charge in [-0.05, 0) is 30.2 Å². The molecule has 0 bridgehead atoms. The molecule has 1 aliphatic rings. The Hall–Kier alpha value is -1.69. The maximum Gasteiger partial charge on any atom is 0.179 e. The quantitative estimate of drug-likeness (QED) is 0.872. The van der Waals surface area contributed by atoms with Gasteiger partial charge in [0.05, 0.1) is 10.6 Å². The molecule has 2 aromatic rings. The number of hydrogen-bond donors (Lipinski definition) is 1. The highest BCUT2D eigenvalue weighted by Gasteiger charge is 2.33. The third-order valence-electron chi connectivity index (χ3n) is 4.83. The van der Waals surface area contributed by atoms with Crippen molar-refractivity contribution in [1.82, 2.24) is 4.90 Å². The third kappa shape index (κ3) is 3.86. The van der Waals surface area contributed by atoms with E-state index in [2.05, 4.69) is 17.0 Å². The summed E-state index contributed by atoms with van der Waals surface area (Å²) in [6.45, 7) is 2.91. The lowest BCUT2D eigenvalue weighted by Gasteiger charge is -2.16. The zero-order valence-electron chi connectivity index (χ0n) is 13.7. The van der Waals surface area contributed by atoms with E-state index in [0.29, 0.717) is 29.8 Å². The van der Waals surface area contributed by atoms with Gasteiger partial charge in [-0.2, -0.15) is 0 Å². The first-order valence-electron chi connectivity index (χ1n) is 8.35. The number of benzene rings is 2. The number of nitrogens with two attached hydrogens (primary N) is 1. The van der Waals surface area contributed by atoms with Crippen molar-refractivity contribution in [1.29, 1.82) is 0 Å². The Morgan fingerprint density at radius 2 is 1.58 bits per heavy atom. The molecule has 0 amide bonds. The Bertz CT molecular complexity index is 747. The summed E-state index contributed by atoms with van der Waals surface area (Å²) in [5.74, 6) is 0.915. The van der Waals surface area contributed by atoms with Crippen LogP contribution in [0.25, 0.3) is 0 Å². The second-order valence-corrected chi connectivity index (χ2v) is 8.51. The average molecular weight is 344 g/mol. The van der Waals surface area contributed by atoms with E-state index in [1.807, 2.05) is 24.3 Å². The number of sulfone groups is 1. The molecule has 0 spiro atoms. The average Bonchev–Trinajstić information content (AvgIpc) is 3.05. The third-order valence-corrected chi connectivity index (χ3v) is 6.54. The van der Waals surface area contributed by atoms with Gasteiger partial charge < -0.3 is 10.6 Å². The fourth-order valence-corrected chi connectivity index (χ4v) is 4.76. The van der Waals surface area contributed by atoms with E-state index >= 15 is 0 Å². The van der Waals surface area contributed by atoms with Gasteiger partial charge >= 0.3 is 0 Å². The highest BCUT2D eigenvalue weighted by molar-refractivity contribution is 7.91. The van der Waals surface area contributed by atoms with E-state index in [4.69, 9.17) is 5.73 Å². The lowest BCUT2D eigenvalue weighted by atomic mass is 9.89. The van der Waals surface area contributed by atoms with E-state index in [1.165, 1.54) is 5.56 Å². The highest BCUT2D eigenvalue weighted by atomic mass is 32.2. The molecule has 0 unspecified atom stereocenters. The lowest BCUT2D eigenvalue weighted by molar-refractivity contribution is 0.343. The second kappa shape index (κ2) is 7.47. The molecule has 128 valence electrons. The minimum atomic E-state index is -3.23. The molecule has 4 nitrogen and oxygen atoms in total. The normalized spacial score (nSPS) is 21.9. The van der Waals surface area contributed by atoms with E-state index in [-0.39, 0.29) is 5.75 Å². The van der Waals surface area contributed by atoms with Gasteiger partial charge in [0.1, 0.15) is 0 Å². The van der Waals surface area contributed by atoms with E-state index in [0.717, 1.165) is 13.1 Å². The van der Waals surface area contributed by atoms with Crippen LogP contribution in [0.2, 0.25) is 0 Å². The van der Waals surface area contributed by atoms with Crippen LogP contribution >= 0.6 is 0 Å². The molecular formula is C19H24N2O2S. The minimum Gasteiger partial charge on any atom is -0.330 e. The Morgan fingerprint density at radius 3 is 2.21 bits per heavy atom. The monoisotopic (exact) mass is 344 g/mol. The number of nitrogens with zero attached hydrogens (tertiary/aromatic N) is 1. The van der Waals surface area contributed by atoms with Gasteiger partial charge in [-0.1, -0.05) is 48.5 Å². The predicted octanol–water partition coefficient (Wildman–Crippen LogP) is 2.13. The van der Waals surface area contributed by atoms with Crippen molar-refractivity contribution in [2.24, 2.45) is 11.7 Å². The van der Waals surface area contributed by atoms with Gasteiger partial charge in [0.25, 0.3) is 0 Å². The summed E-state index contributed by atoms with van der Waals surface area (Å²) in [4.78, 5) is 2.63. The van der Waals surface area contributed by atoms with E-state index in [9.17, 15) is 8.42 Å². The number of hydrogen-bond acceptors (Lipinski definition) is 4. The van der Waals surface area contributed by atoms with Crippen molar-refractivity contribution in [3.63, 3.8) is 0 Å². The maximum absolute atomic E-state index is 12.4. The predicted molar refractivity (Wildman–Crippen MR) is 96.7 cm³/mol. The van der Waals surface area contributed by atoms with Crippen LogP contribution in [-0.2, 0) is 9.84 Å². The Balaban J connectivity index is 1.65. The molecule has 0 radical (unpaired) electrons. The topological polar surface area (TPSA) is 63.4 Å². The van der Waals surface area contributed by atoms with Crippen LogP contribution in [0.4, 0.5) is 0 Å². The van der Waals surface area contributed by atoms with Crippen LogP contribution in [-0.4, -0.2) is 45.2 Å². The Morgan fingerprint density at radius 1 is 0.958 bits per heavy atom. The SMILES string of the molecule is NC[C@@H]1CN(CCS(=O)(=O)c2ccccc2)C[C@H]1c1ccccc1. The fourth-order valence-electron chi connectivity index (χ4n) is 3.45. The zero-order chi connectivity index (χ0) is 17.0. The summed E-state index contributed by atoms with van der Waals surface area (Å²) in [7, 11) is -3.23. The summed E-state index contributed by atoms with van der Waals surface area (Å²) in [6, 6.07) is 19.1. The van der Waals surface area contributed by atoms with Crippen LogP contribution in [0.1, 0.15) is 11.5 Å². The molecule has 3 rings (SSSR count). The molecule has 2 aromatic carbocycles. The van der Waals surface area contributed by atoms with Gasteiger partial charge in [-0.15, -0.1) is 0 Å². The standard InChI is InChI=1S/C19H24N2O2S/c20-13-17-14-21(15-19(17)16-7-3-1-4-8-16)11-12-24(22,23)18-9-5-2-6-10-18/h1-10,17,19H,11-15,20H2/t17-,19+/m1/s1. The first-order valence-corrected chi connectivity index (χ1v) is 10.0. The highest BCUT2D eigenvalue weighted by Crippen LogP contribution is 2.31. The van der Waals surface area contributed by atoms with Gasteiger partial charge in [-0.25, -0.2) is 8.42 Å². The van der Waals surface area contributed by atoms with E-state index in [1.54, 1.807) is 24.3 Å². The summed E-state index contributed by atoms with van der Waals surface area (Å²) in [5.41, 5.74) is 7.24. The van der Waals surface area contributed by atoms with Crippen LogP contribution in [0, 0.1) is 5.92 Å². The molecule has 1 aliphatic heterocycles. The smallest absolute Gasteiger partial charge is 0.179 e. The van der Waals surface area contributed by atoms with Crippen molar-refractivity contribution >= 4 is 9.84 Å². The number of likely N-dealkylation sites (tertiary alicyclic amines) is 1. The van der Waals surface area contributed by atoms with Gasteiger partial charge in [0, 0.05) is 25.6 Å². The van der Waals surface area contributed by atoms with E-state index < -0.39 is 9.84 Å². The van der Waals surface area contributed by atoms with Crippen molar-refractivity contribution in [2.75, 3.05) is 31.9 Å². The van der Waals surface area contributed by atoms with Crippen molar-refractivity contribution in [3.05, 3.63) is 66.2 Å². The summed E-state index contributed by atoms with van der Waals surface area (Å²) in [6.07, 6.45) is 0. The van der Waals surface area contributed by atoms with Crippen molar-refractivity contribution < 1.29 is 8.42 Å². The molecule has 1 heterocycles. The molecule has 24 heavy (non-hydrogen) atoms. The maximum atomic E-state index is 12.4. The zero-order valence-corrected chi connectivity index (χ0v) is 14.5. The molecule has 0 aliphatic carbocycles. The molecule has 1 saturated heterocycles.